The minimum atomic E-state index is -0.00384. The van der Waals surface area contributed by atoms with Crippen molar-refractivity contribution in [2.24, 2.45) is 0 Å². The Balaban J connectivity index is 0.000000149. The molecular formula is C29H34N2O3. The fourth-order valence-corrected chi connectivity index (χ4v) is 5.42. The first kappa shape index (κ1) is 22.8. The average molecular weight is 459 g/mol. The molecule has 0 bridgehead atoms. The number of hydrogen-bond donors (Lipinski definition) is 2. The number of aryl methyl sites for hydroxylation is 1. The maximum atomic E-state index is 9.26. The van der Waals surface area contributed by atoms with E-state index in [0.717, 1.165) is 57.1 Å². The molecule has 0 atom stereocenters. The molecule has 2 N–H and O–H groups in total. The van der Waals surface area contributed by atoms with Crippen molar-refractivity contribution >= 4 is 0 Å². The average Bonchev–Trinajstić information content (AvgIpc) is 3.33. The number of ether oxygens (including phenoxy) is 2. The van der Waals surface area contributed by atoms with E-state index in [9.17, 15) is 5.11 Å². The Morgan fingerprint density at radius 1 is 0.853 bits per heavy atom. The number of benzene rings is 3. The molecule has 0 saturated carbocycles. The van der Waals surface area contributed by atoms with Gasteiger partial charge in [0, 0.05) is 51.6 Å². The van der Waals surface area contributed by atoms with E-state index in [2.05, 4.69) is 65.7 Å². The molecule has 3 aromatic rings. The van der Waals surface area contributed by atoms with E-state index in [1.807, 2.05) is 6.07 Å². The summed E-state index contributed by atoms with van der Waals surface area (Å²) >= 11 is 0. The van der Waals surface area contributed by atoms with Crippen molar-refractivity contribution in [1.29, 1.82) is 0 Å². The molecule has 4 aliphatic rings. The summed E-state index contributed by atoms with van der Waals surface area (Å²) < 4.78 is 12.0. The van der Waals surface area contributed by atoms with Gasteiger partial charge >= 0.3 is 0 Å². The van der Waals surface area contributed by atoms with E-state index in [0.29, 0.717) is 0 Å². The molecule has 0 amide bonds. The first-order valence-corrected chi connectivity index (χ1v) is 11.8. The maximum Gasteiger partial charge on any atom is 0.138 e. The number of fused-ring (bicyclic) bond motifs is 2. The van der Waals surface area contributed by atoms with Gasteiger partial charge in [0.1, 0.15) is 28.5 Å². The molecule has 4 heterocycles. The third-order valence-corrected chi connectivity index (χ3v) is 7.12. The van der Waals surface area contributed by atoms with E-state index in [-0.39, 0.29) is 24.4 Å². The highest BCUT2D eigenvalue weighted by Gasteiger charge is 2.49. The fourth-order valence-electron chi connectivity index (χ4n) is 5.42. The molecule has 0 aliphatic carbocycles. The third kappa shape index (κ3) is 4.26. The van der Waals surface area contributed by atoms with Crippen molar-refractivity contribution in [3.63, 3.8) is 0 Å². The van der Waals surface area contributed by atoms with Crippen LogP contribution in [0.25, 0.3) is 0 Å². The molecule has 4 aliphatic heterocycles. The highest BCUT2D eigenvalue weighted by molar-refractivity contribution is 5.45. The maximum absolute atomic E-state index is 9.26. The van der Waals surface area contributed by atoms with E-state index < -0.39 is 0 Å². The molecule has 178 valence electrons. The van der Waals surface area contributed by atoms with Gasteiger partial charge in [0.05, 0.1) is 0 Å². The van der Waals surface area contributed by atoms with Crippen LogP contribution in [0.15, 0.2) is 66.7 Å². The van der Waals surface area contributed by atoms with Crippen LogP contribution in [-0.2, 0) is 19.4 Å². The van der Waals surface area contributed by atoms with Crippen LogP contribution in [0.4, 0.5) is 0 Å². The molecular weight excluding hydrogens is 424 g/mol. The summed E-state index contributed by atoms with van der Waals surface area (Å²) in [5.74, 6) is 2.23. The standard InChI is InChI=1S/C18H19NO.C10H11NO2.CH4/c1-14-7-8-16-10-18(20-17(16)9-14)12-19(13-18)11-15-5-3-2-4-6-15;12-8-2-1-7-4-10(5-11-6-10)13-9(7)3-8;/h2-9H,10-13H2,1H3;1-3,11-12H,4-6H2;1H4. The van der Waals surface area contributed by atoms with Gasteiger partial charge in [-0.15, -0.1) is 0 Å². The quantitative estimate of drug-likeness (QED) is 0.593. The van der Waals surface area contributed by atoms with E-state index >= 15 is 0 Å². The largest absolute Gasteiger partial charge is 0.508 e. The highest BCUT2D eigenvalue weighted by Crippen LogP contribution is 2.41. The van der Waals surface area contributed by atoms with Gasteiger partial charge in [-0.1, -0.05) is 56.0 Å². The molecule has 2 spiro atoms. The van der Waals surface area contributed by atoms with Gasteiger partial charge in [-0.25, -0.2) is 0 Å². The summed E-state index contributed by atoms with van der Waals surface area (Å²) in [6.07, 6.45) is 2.03. The summed E-state index contributed by atoms with van der Waals surface area (Å²) in [5, 5.41) is 12.5. The van der Waals surface area contributed by atoms with Gasteiger partial charge < -0.3 is 19.9 Å². The van der Waals surface area contributed by atoms with Gasteiger partial charge in [0.25, 0.3) is 0 Å². The lowest BCUT2D eigenvalue weighted by Gasteiger charge is -2.47. The Morgan fingerprint density at radius 3 is 2.21 bits per heavy atom. The van der Waals surface area contributed by atoms with Crippen molar-refractivity contribution < 1.29 is 14.6 Å². The number of rotatable bonds is 2. The number of likely N-dealkylation sites (tertiary alicyclic amines) is 1. The van der Waals surface area contributed by atoms with E-state index in [4.69, 9.17) is 9.47 Å². The molecule has 34 heavy (non-hydrogen) atoms. The van der Waals surface area contributed by atoms with Crippen LogP contribution >= 0.6 is 0 Å². The van der Waals surface area contributed by atoms with Gasteiger partial charge in [-0.2, -0.15) is 0 Å². The number of aromatic hydroxyl groups is 1. The summed E-state index contributed by atoms with van der Waals surface area (Å²) in [4.78, 5) is 2.47. The molecule has 2 fully saturated rings. The Hall–Kier alpha value is -3.02. The lowest BCUT2D eigenvalue weighted by molar-refractivity contribution is -0.0665. The van der Waals surface area contributed by atoms with E-state index in [1.165, 1.54) is 22.3 Å². The molecule has 0 aromatic heterocycles. The van der Waals surface area contributed by atoms with Crippen LogP contribution in [0.3, 0.4) is 0 Å². The minimum absolute atomic E-state index is 0. The second-order valence-electron chi connectivity index (χ2n) is 10.1. The van der Waals surface area contributed by atoms with Crippen LogP contribution in [0.1, 0.15) is 29.7 Å². The Morgan fingerprint density at radius 2 is 1.50 bits per heavy atom. The summed E-state index contributed by atoms with van der Waals surface area (Å²) in [5.41, 5.74) is 5.28. The van der Waals surface area contributed by atoms with Crippen molar-refractivity contribution in [3.8, 4) is 17.2 Å². The van der Waals surface area contributed by atoms with Crippen LogP contribution in [-0.4, -0.2) is 47.4 Å². The zero-order valence-corrected chi connectivity index (χ0v) is 19.0. The molecule has 2 saturated heterocycles. The number of phenols is 1. The number of nitrogens with one attached hydrogen (secondary N) is 1. The van der Waals surface area contributed by atoms with E-state index in [1.54, 1.807) is 12.1 Å². The molecule has 3 aromatic carbocycles. The Labute approximate surface area is 202 Å². The lowest BCUT2D eigenvalue weighted by Crippen LogP contribution is -2.63. The second-order valence-corrected chi connectivity index (χ2v) is 10.1. The summed E-state index contributed by atoms with van der Waals surface area (Å²) in [7, 11) is 0. The van der Waals surface area contributed by atoms with Crippen molar-refractivity contribution in [2.75, 3.05) is 26.2 Å². The normalized spacial score (nSPS) is 19.9. The zero-order chi connectivity index (χ0) is 22.5. The Bertz CT molecular complexity index is 1170. The molecule has 5 heteroatoms. The predicted octanol–water partition coefficient (Wildman–Crippen LogP) is 4.49. The van der Waals surface area contributed by atoms with Crippen LogP contribution in [0, 0.1) is 6.92 Å². The lowest BCUT2D eigenvalue weighted by atomic mass is 9.88. The third-order valence-electron chi connectivity index (χ3n) is 7.12. The van der Waals surface area contributed by atoms with Crippen LogP contribution < -0.4 is 14.8 Å². The van der Waals surface area contributed by atoms with Crippen molar-refractivity contribution in [1.82, 2.24) is 10.2 Å². The van der Waals surface area contributed by atoms with Gasteiger partial charge in [0.15, 0.2) is 0 Å². The van der Waals surface area contributed by atoms with Crippen LogP contribution in [0.2, 0.25) is 0 Å². The topological polar surface area (TPSA) is 54.0 Å². The van der Waals surface area contributed by atoms with Crippen LogP contribution in [0.5, 0.6) is 17.2 Å². The number of phenolic OH excluding ortho intramolecular Hbond substituents is 1. The van der Waals surface area contributed by atoms with Crippen molar-refractivity contribution in [3.05, 3.63) is 89.0 Å². The molecule has 0 radical (unpaired) electrons. The first-order chi connectivity index (χ1) is 16.0. The van der Waals surface area contributed by atoms with Gasteiger partial charge in [0.2, 0.25) is 0 Å². The number of nitrogens with zero attached hydrogens (tertiary/aromatic N) is 1. The monoisotopic (exact) mass is 458 g/mol. The molecule has 5 nitrogen and oxygen atoms in total. The van der Waals surface area contributed by atoms with Gasteiger partial charge in [-0.3, -0.25) is 4.90 Å². The van der Waals surface area contributed by atoms with Crippen molar-refractivity contribution in [2.45, 2.75) is 44.9 Å². The minimum Gasteiger partial charge on any atom is -0.508 e. The smallest absolute Gasteiger partial charge is 0.138 e. The van der Waals surface area contributed by atoms with Gasteiger partial charge in [-0.05, 0) is 41.3 Å². The predicted molar refractivity (Wildman–Crippen MR) is 135 cm³/mol. The highest BCUT2D eigenvalue weighted by atomic mass is 16.5. The molecule has 0 unspecified atom stereocenters. The SMILES string of the molecule is C.Cc1ccc2c(c1)OC1(C2)CN(Cc2ccccc2)C1.Oc1ccc2c(c1)OC1(CNC1)C2. The zero-order valence-electron chi connectivity index (χ0n) is 19.0. The Kier molecular flexibility index (Phi) is 5.78. The first-order valence-electron chi connectivity index (χ1n) is 11.8. The summed E-state index contributed by atoms with van der Waals surface area (Å²) in [6.45, 7) is 7.06. The summed E-state index contributed by atoms with van der Waals surface area (Å²) in [6, 6.07) is 22.6. The fraction of sp³-hybridized carbons (Fsp3) is 0.379. The number of hydrogen-bond acceptors (Lipinski definition) is 5. The molecule has 7 rings (SSSR count). The second kappa shape index (κ2) is 8.64.